The summed E-state index contributed by atoms with van der Waals surface area (Å²) < 4.78 is 22.6. The Hall–Kier alpha value is -3.63. The number of carbonyl (C=O) groups excluding carboxylic acids is 1. The summed E-state index contributed by atoms with van der Waals surface area (Å²) in [6.45, 7) is 7.66. The molecular weight excluding hydrogens is 492 g/mol. The maximum Gasteiger partial charge on any atom is 0.283 e. The predicted octanol–water partition coefficient (Wildman–Crippen LogP) is 4.75. The highest BCUT2D eigenvalue weighted by Crippen LogP contribution is 2.32. The smallest absolute Gasteiger partial charge is 0.283 e. The minimum atomic E-state index is -0.466. The standard InChI is InChI=1S/C27H30N4O5S/c1-17(2)26-30-31-24(28)20(25(32)29-27(31)37-26)15-19-9-10-22(23(16-19)33-4)36-14-12-34-11-13-35-21-8-6-5-7-18(21)3/h5-10,15-17,28H,11-14H2,1-4H3/b20-15-,28-24?. The number of aryl methyl sites for hydroxylation is 1. The molecule has 4 rings (SSSR count). The Bertz CT molecular complexity index is 1270. The first-order chi connectivity index (χ1) is 17.9. The zero-order valence-electron chi connectivity index (χ0n) is 21.3. The third-order valence-electron chi connectivity index (χ3n) is 5.53. The van der Waals surface area contributed by atoms with Crippen molar-refractivity contribution in [3.8, 4) is 17.2 Å². The number of carbonyl (C=O) groups is 1. The molecule has 194 valence electrons. The zero-order chi connectivity index (χ0) is 26.4. The molecule has 2 heterocycles. The number of fused-ring (bicyclic) bond motifs is 1. The largest absolute Gasteiger partial charge is 0.493 e. The number of aliphatic imine (C=N–C) groups is 1. The number of hydrogen-bond donors (Lipinski definition) is 1. The molecule has 0 atom stereocenters. The topological polar surface area (TPSA) is 106 Å². The number of amidine groups is 2. The van der Waals surface area contributed by atoms with Crippen molar-refractivity contribution >= 4 is 39.8 Å². The SMILES string of the molecule is COc1cc(/C=C2/C(=N)N3N=C(C(C)C)SC3=NC2=O)ccc1OCCOCCOc1ccccc1C. The average Bonchev–Trinajstić information content (AvgIpc) is 3.32. The van der Waals surface area contributed by atoms with Crippen LogP contribution in [0.3, 0.4) is 0 Å². The molecule has 1 N–H and O–H groups in total. The van der Waals surface area contributed by atoms with E-state index in [1.54, 1.807) is 31.4 Å². The number of nitrogens with one attached hydrogen (secondary N) is 1. The molecule has 0 bridgehead atoms. The molecule has 0 unspecified atom stereocenters. The summed E-state index contributed by atoms with van der Waals surface area (Å²) in [5.41, 5.74) is 1.93. The van der Waals surface area contributed by atoms with Gasteiger partial charge in [0.05, 0.1) is 25.9 Å². The van der Waals surface area contributed by atoms with Crippen molar-refractivity contribution in [2.75, 3.05) is 33.5 Å². The Labute approximate surface area is 220 Å². The lowest BCUT2D eigenvalue weighted by atomic mass is 10.1. The number of para-hydroxylation sites is 1. The molecule has 2 aliphatic heterocycles. The van der Waals surface area contributed by atoms with Gasteiger partial charge in [-0.05, 0) is 54.1 Å². The second-order valence-electron chi connectivity index (χ2n) is 8.60. The number of methoxy groups -OCH3 is 1. The molecule has 0 aromatic heterocycles. The molecule has 0 saturated carbocycles. The first-order valence-electron chi connectivity index (χ1n) is 11.9. The number of benzene rings is 2. The molecule has 0 fully saturated rings. The highest BCUT2D eigenvalue weighted by Gasteiger charge is 2.36. The van der Waals surface area contributed by atoms with E-state index in [4.69, 9.17) is 24.4 Å². The van der Waals surface area contributed by atoms with Crippen molar-refractivity contribution in [1.29, 1.82) is 5.41 Å². The lowest BCUT2D eigenvalue weighted by Gasteiger charge is -2.20. The van der Waals surface area contributed by atoms with Crippen LogP contribution in [-0.2, 0) is 9.53 Å². The molecule has 1 amide bonds. The van der Waals surface area contributed by atoms with Gasteiger partial charge in [0.2, 0.25) is 5.17 Å². The summed E-state index contributed by atoms with van der Waals surface area (Å²) in [5.74, 6) is 1.63. The van der Waals surface area contributed by atoms with Gasteiger partial charge >= 0.3 is 0 Å². The zero-order valence-corrected chi connectivity index (χ0v) is 22.1. The number of rotatable bonds is 11. The van der Waals surface area contributed by atoms with Crippen LogP contribution < -0.4 is 14.2 Å². The van der Waals surface area contributed by atoms with Crippen LogP contribution in [0.2, 0.25) is 0 Å². The first-order valence-corrected chi connectivity index (χ1v) is 12.8. The van der Waals surface area contributed by atoms with Gasteiger partial charge in [0.25, 0.3) is 5.91 Å². The Morgan fingerprint density at radius 3 is 2.46 bits per heavy atom. The van der Waals surface area contributed by atoms with Crippen LogP contribution in [0.15, 0.2) is 58.1 Å². The van der Waals surface area contributed by atoms with E-state index in [9.17, 15) is 4.79 Å². The molecule has 37 heavy (non-hydrogen) atoms. The van der Waals surface area contributed by atoms with Crippen LogP contribution in [-0.4, -0.2) is 60.5 Å². The molecule has 2 aromatic rings. The third-order valence-corrected chi connectivity index (χ3v) is 6.74. The molecule has 0 spiro atoms. The fourth-order valence-corrected chi connectivity index (χ4v) is 4.43. The van der Waals surface area contributed by atoms with Crippen molar-refractivity contribution < 1.29 is 23.7 Å². The predicted molar refractivity (Wildman–Crippen MR) is 146 cm³/mol. The minimum absolute atomic E-state index is 0.000923. The molecule has 2 aromatic carbocycles. The van der Waals surface area contributed by atoms with E-state index in [-0.39, 0.29) is 17.3 Å². The van der Waals surface area contributed by atoms with Crippen LogP contribution in [0.5, 0.6) is 17.2 Å². The summed E-state index contributed by atoms with van der Waals surface area (Å²) in [6, 6.07) is 13.2. The Morgan fingerprint density at radius 1 is 1.03 bits per heavy atom. The minimum Gasteiger partial charge on any atom is -0.493 e. The van der Waals surface area contributed by atoms with Gasteiger partial charge in [-0.3, -0.25) is 10.2 Å². The Balaban J connectivity index is 1.31. The van der Waals surface area contributed by atoms with Crippen LogP contribution in [0.1, 0.15) is 25.0 Å². The van der Waals surface area contributed by atoms with Gasteiger partial charge in [0, 0.05) is 5.92 Å². The molecule has 2 aliphatic rings. The summed E-state index contributed by atoms with van der Waals surface area (Å²) >= 11 is 1.32. The number of hydrogen-bond acceptors (Lipinski definition) is 8. The summed E-state index contributed by atoms with van der Waals surface area (Å²) in [6.07, 6.45) is 1.61. The third kappa shape index (κ3) is 6.39. The lowest BCUT2D eigenvalue weighted by molar-refractivity contribution is -0.114. The van der Waals surface area contributed by atoms with Crippen molar-refractivity contribution in [2.45, 2.75) is 20.8 Å². The number of ether oxygens (including phenoxy) is 4. The van der Waals surface area contributed by atoms with E-state index in [1.807, 2.05) is 45.0 Å². The molecular formula is C27H30N4O5S. The number of hydrazone groups is 1. The van der Waals surface area contributed by atoms with Gasteiger partial charge in [-0.1, -0.05) is 38.1 Å². The fourth-order valence-electron chi connectivity index (χ4n) is 3.54. The van der Waals surface area contributed by atoms with E-state index in [1.165, 1.54) is 16.8 Å². The molecule has 9 nitrogen and oxygen atoms in total. The van der Waals surface area contributed by atoms with Crippen LogP contribution in [0.4, 0.5) is 0 Å². The normalized spacial score (nSPS) is 16.1. The van der Waals surface area contributed by atoms with Crippen LogP contribution in [0.25, 0.3) is 6.08 Å². The molecule has 0 aliphatic carbocycles. The molecule has 10 heteroatoms. The first kappa shape index (κ1) is 26.4. The quantitative estimate of drug-likeness (QED) is 0.335. The highest BCUT2D eigenvalue weighted by molar-refractivity contribution is 8.27. The van der Waals surface area contributed by atoms with Crippen molar-refractivity contribution in [2.24, 2.45) is 16.0 Å². The second-order valence-corrected chi connectivity index (χ2v) is 9.59. The van der Waals surface area contributed by atoms with E-state index < -0.39 is 5.91 Å². The van der Waals surface area contributed by atoms with Gasteiger partial charge < -0.3 is 18.9 Å². The van der Waals surface area contributed by atoms with E-state index in [0.29, 0.717) is 48.7 Å². The van der Waals surface area contributed by atoms with Gasteiger partial charge in [0.15, 0.2) is 17.3 Å². The number of amides is 1. The summed E-state index contributed by atoms with van der Waals surface area (Å²) in [4.78, 5) is 16.8. The second kappa shape index (κ2) is 12.1. The van der Waals surface area contributed by atoms with E-state index >= 15 is 0 Å². The summed E-state index contributed by atoms with van der Waals surface area (Å²) in [5, 5.41) is 15.6. The average molecular weight is 523 g/mol. The maximum absolute atomic E-state index is 12.6. The van der Waals surface area contributed by atoms with Gasteiger partial charge in [-0.25, -0.2) is 0 Å². The highest BCUT2D eigenvalue weighted by atomic mass is 32.2. The van der Waals surface area contributed by atoms with Crippen molar-refractivity contribution in [1.82, 2.24) is 5.01 Å². The van der Waals surface area contributed by atoms with Crippen molar-refractivity contribution in [3.63, 3.8) is 0 Å². The number of thioether (sulfide) groups is 1. The van der Waals surface area contributed by atoms with Gasteiger partial charge in [0.1, 0.15) is 24.0 Å². The fraction of sp³-hybridized carbons (Fsp3) is 0.333. The summed E-state index contributed by atoms with van der Waals surface area (Å²) in [7, 11) is 1.55. The Kier molecular flexibility index (Phi) is 8.62. The van der Waals surface area contributed by atoms with Gasteiger partial charge in [-0.15, -0.1) is 0 Å². The molecule has 0 saturated heterocycles. The van der Waals surface area contributed by atoms with Crippen LogP contribution in [0, 0.1) is 18.3 Å². The number of nitrogens with zero attached hydrogens (tertiary/aromatic N) is 3. The van der Waals surface area contributed by atoms with E-state index in [2.05, 4.69) is 10.1 Å². The maximum atomic E-state index is 12.6. The van der Waals surface area contributed by atoms with Crippen molar-refractivity contribution in [3.05, 3.63) is 59.2 Å². The van der Waals surface area contributed by atoms with Crippen LogP contribution >= 0.6 is 11.8 Å². The monoisotopic (exact) mass is 522 g/mol. The lowest BCUT2D eigenvalue weighted by Crippen LogP contribution is -2.35. The van der Waals surface area contributed by atoms with Gasteiger partial charge in [-0.2, -0.15) is 15.1 Å². The van der Waals surface area contributed by atoms with E-state index in [0.717, 1.165) is 16.4 Å². The molecule has 0 radical (unpaired) electrons. The Morgan fingerprint density at radius 2 is 1.76 bits per heavy atom.